The summed E-state index contributed by atoms with van der Waals surface area (Å²) in [6.45, 7) is 0.186. The van der Waals surface area contributed by atoms with E-state index in [0.29, 0.717) is 12.8 Å². The summed E-state index contributed by atoms with van der Waals surface area (Å²) in [6.07, 6.45) is -0.643. The second kappa shape index (κ2) is 7.09. The Morgan fingerprint density at radius 2 is 1.65 bits per heavy atom. The van der Waals surface area contributed by atoms with E-state index in [1.54, 1.807) is 0 Å². The fourth-order valence-electron chi connectivity index (χ4n) is 2.60. The summed E-state index contributed by atoms with van der Waals surface area (Å²) in [5.41, 5.74) is 5.03. The molecule has 0 unspecified atom stereocenters. The molecule has 1 rings (SSSR count). The molecular formula is C12H23F3N2O2S. The van der Waals surface area contributed by atoms with Gasteiger partial charge in [0.2, 0.25) is 10.0 Å². The number of rotatable bonds is 6. The van der Waals surface area contributed by atoms with Crippen LogP contribution < -0.4 is 10.5 Å². The maximum absolute atomic E-state index is 12.0. The molecule has 3 N–H and O–H groups in total. The van der Waals surface area contributed by atoms with E-state index in [-0.39, 0.29) is 6.54 Å². The second-order valence-electron chi connectivity index (χ2n) is 5.54. The third-order valence-electron chi connectivity index (χ3n) is 3.70. The van der Waals surface area contributed by atoms with Crippen LogP contribution in [0.15, 0.2) is 0 Å². The maximum atomic E-state index is 12.0. The van der Waals surface area contributed by atoms with Crippen molar-refractivity contribution in [2.45, 2.75) is 63.1 Å². The lowest BCUT2D eigenvalue weighted by Gasteiger charge is -2.32. The largest absolute Gasteiger partial charge is 0.389 e. The Morgan fingerprint density at radius 3 is 2.10 bits per heavy atom. The van der Waals surface area contributed by atoms with E-state index in [4.69, 9.17) is 5.73 Å². The molecule has 0 bridgehead atoms. The first-order valence-electron chi connectivity index (χ1n) is 6.97. The van der Waals surface area contributed by atoms with Gasteiger partial charge in [-0.3, -0.25) is 0 Å². The fourth-order valence-corrected chi connectivity index (χ4v) is 4.17. The standard InChI is InChI=1S/C12H23F3N2O2S/c13-12(14,15)8-5-9-20(18,19)17-11(10-16)6-3-1-2-4-7-11/h17H,1-10,16H2. The van der Waals surface area contributed by atoms with E-state index in [9.17, 15) is 21.6 Å². The van der Waals surface area contributed by atoms with Crippen LogP contribution in [0.25, 0.3) is 0 Å². The van der Waals surface area contributed by atoms with Crippen LogP contribution in [0.1, 0.15) is 51.4 Å². The van der Waals surface area contributed by atoms with Gasteiger partial charge in [-0.25, -0.2) is 13.1 Å². The van der Waals surface area contributed by atoms with Gasteiger partial charge in [-0.1, -0.05) is 25.7 Å². The van der Waals surface area contributed by atoms with Gasteiger partial charge in [0.1, 0.15) is 0 Å². The molecule has 120 valence electrons. The number of hydrogen-bond donors (Lipinski definition) is 2. The number of nitrogens with one attached hydrogen (secondary N) is 1. The summed E-state index contributed by atoms with van der Waals surface area (Å²) in [4.78, 5) is 0. The summed E-state index contributed by atoms with van der Waals surface area (Å²) in [7, 11) is -3.72. The monoisotopic (exact) mass is 316 g/mol. The number of halogens is 3. The highest BCUT2D eigenvalue weighted by Crippen LogP contribution is 2.27. The third-order valence-corrected chi connectivity index (χ3v) is 5.27. The predicted molar refractivity (Wildman–Crippen MR) is 71.7 cm³/mol. The average molecular weight is 316 g/mol. The molecule has 0 radical (unpaired) electrons. The van der Waals surface area contributed by atoms with Gasteiger partial charge < -0.3 is 5.73 Å². The van der Waals surface area contributed by atoms with Gasteiger partial charge in [0, 0.05) is 18.5 Å². The first kappa shape index (κ1) is 17.7. The van der Waals surface area contributed by atoms with Crippen molar-refractivity contribution >= 4 is 10.0 Å². The first-order chi connectivity index (χ1) is 9.18. The molecular weight excluding hydrogens is 293 g/mol. The van der Waals surface area contributed by atoms with E-state index in [0.717, 1.165) is 25.7 Å². The Labute approximate surface area is 118 Å². The molecule has 0 aromatic rings. The Bertz CT molecular complexity index is 388. The molecule has 0 amide bonds. The normalized spacial score (nSPS) is 20.6. The molecule has 20 heavy (non-hydrogen) atoms. The van der Waals surface area contributed by atoms with Gasteiger partial charge in [-0.05, 0) is 19.3 Å². The van der Waals surface area contributed by atoms with E-state index >= 15 is 0 Å². The minimum absolute atomic E-state index is 0.186. The molecule has 0 heterocycles. The van der Waals surface area contributed by atoms with E-state index in [1.807, 2.05) is 0 Å². The molecule has 0 atom stereocenters. The SMILES string of the molecule is NCC1(NS(=O)(=O)CCCC(F)(F)F)CCCCCC1. The fraction of sp³-hybridized carbons (Fsp3) is 1.00. The van der Waals surface area contributed by atoms with Gasteiger partial charge in [0.25, 0.3) is 0 Å². The quantitative estimate of drug-likeness (QED) is 0.739. The summed E-state index contributed by atoms with van der Waals surface area (Å²) >= 11 is 0. The first-order valence-corrected chi connectivity index (χ1v) is 8.62. The van der Waals surface area contributed by atoms with Crippen molar-refractivity contribution in [3.05, 3.63) is 0 Å². The van der Waals surface area contributed by atoms with Crippen molar-refractivity contribution in [1.29, 1.82) is 0 Å². The van der Waals surface area contributed by atoms with Crippen LogP contribution in [0, 0.1) is 0 Å². The van der Waals surface area contributed by atoms with Crippen LogP contribution in [0.2, 0.25) is 0 Å². The van der Waals surface area contributed by atoms with Crippen molar-refractivity contribution in [2.75, 3.05) is 12.3 Å². The van der Waals surface area contributed by atoms with Crippen LogP contribution >= 0.6 is 0 Å². The molecule has 0 spiro atoms. The van der Waals surface area contributed by atoms with Crippen LogP contribution in [0.4, 0.5) is 13.2 Å². The van der Waals surface area contributed by atoms with Crippen molar-refractivity contribution in [3.63, 3.8) is 0 Å². The lowest BCUT2D eigenvalue weighted by Crippen LogP contribution is -2.53. The van der Waals surface area contributed by atoms with E-state index < -0.39 is 40.3 Å². The minimum Gasteiger partial charge on any atom is -0.329 e. The minimum atomic E-state index is -4.32. The third kappa shape index (κ3) is 6.41. The zero-order chi connectivity index (χ0) is 15.3. The molecule has 1 saturated carbocycles. The van der Waals surface area contributed by atoms with Crippen LogP contribution in [0.3, 0.4) is 0 Å². The topological polar surface area (TPSA) is 72.2 Å². The molecule has 1 aliphatic carbocycles. The number of nitrogens with two attached hydrogens (primary N) is 1. The molecule has 0 aromatic carbocycles. The number of hydrogen-bond acceptors (Lipinski definition) is 3. The van der Waals surface area contributed by atoms with Crippen molar-refractivity contribution in [2.24, 2.45) is 5.73 Å². The summed E-state index contributed by atoms with van der Waals surface area (Å²) in [5.74, 6) is -0.506. The smallest absolute Gasteiger partial charge is 0.329 e. The molecule has 0 aromatic heterocycles. The Hall–Kier alpha value is -0.340. The Balaban J connectivity index is 2.58. The predicted octanol–water partition coefficient (Wildman–Crippen LogP) is 2.30. The van der Waals surface area contributed by atoms with Crippen molar-refractivity contribution in [1.82, 2.24) is 4.72 Å². The molecule has 1 aliphatic rings. The summed E-state index contributed by atoms with van der Waals surface area (Å²) in [5, 5.41) is 0. The lowest BCUT2D eigenvalue weighted by atomic mass is 9.92. The van der Waals surface area contributed by atoms with Gasteiger partial charge >= 0.3 is 6.18 Å². The van der Waals surface area contributed by atoms with Crippen LogP contribution in [-0.2, 0) is 10.0 Å². The molecule has 4 nitrogen and oxygen atoms in total. The molecule has 8 heteroatoms. The highest BCUT2D eigenvalue weighted by atomic mass is 32.2. The van der Waals surface area contributed by atoms with E-state index in [1.165, 1.54) is 0 Å². The lowest BCUT2D eigenvalue weighted by molar-refractivity contribution is -0.134. The second-order valence-corrected chi connectivity index (χ2v) is 7.38. The number of sulfonamides is 1. The van der Waals surface area contributed by atoms with E-state index in [2.05, 4.69) is 4.72 Å². The Morgan fingerprint density at radius 1 is 1.10 bits per heavy atom. The van der Waals surface area contributed by atoms with Gasteiger partial charge in [0.15, 0.2) is 0 Å². The van der Waals surface area contributed by atoms with Gasteiger partial charge in [-0.15, -0.1) is 0 Å². The molecule has 0 aliphatic heterocycles. The highest BCUT2D eigenvalue weighted by molar-refractivity contribution is 7.89. The van der Waals surface area contributed by atoms with Crippen LogP contribution in [-0.4, -0.2) is 32.4 Å². The van der Waals surface area contributed by atoms with Gasteiger partial charge in [0.05, 0.1) is 5.75 Å². The zero-order valence-corrected chi connectivity index (χ0v) is 12.3. The molecule has 0 saturated heterocycles. The highest BCUT2D eigenvalue weighted by Gasteiger charge is 2.34. The number of alkyl halides is 3. The Kier molecular flexibility index (Phi) is 6.27. The molecule has 1 fully saturated rings. The van der Waals surface area contributed by atoms with Crippen molar-refractivity contribution in [3.8, 4) is 0 Å². The zero-order valence-electron chi connectivity index (χ0n) is 11.5. The maximum Gasteiger partial charge on any atom is 0.389 e. The van der Waals surface area contributed by atoms with Gasteiger partial charge in [-0.2, -0.15) is 13.2 Å². The van der Waals surface area contributed by atoms with Crippen LogP contribution in [0.5, 0.6) is 0 Å². The summed E-state index contributed by atoms with van der Waals surface area (Å²) in [6, 6.07) is 0. The van der Waals surface area contributed by atoms with Crippen molar-refractivity contribution < 1.29 is 21.6 Å². The summed E-state index contributed by atoms with van der Waals surface area (Å²) < 4.78 is 62.6. The average Bonchev–Trinajstić information content (AvgIpc) is 2.52.